The second-order valence-electron chi connectivity index (χ2n) is 2.81. The molecular formula is C6H10N2O. The van der Waals surface area contributed by atoms with E-state index >= 15 is 0 Å². The van der Waals surface area contributed by atoms with Crippen LogP contribution in [0.25, 0.3) is 0 Å². The molecule has 3 nitrogen and oxygen atoms in total. The highest BCUT2D eigenvalue weighted by Gasteiger charge is 2.30. The van der Waals surface area contributed by atoms with Crippen LogP contribution < -0.4 is 0 Å². The van der Waals surface area contributed by atoms with Gasteiger partial charge in [0.25, 0.3) is 0 Å². The first kappa shape index (κ1) is 6.26. The van der Waals surface area contributed by atoms with E-state index in [0.717, 1.165) is 10.6 Å². The largest absolute Gasteiger partial charge is 0.599 e. The molecule has 0 aromatic heterocycles. The zero-order chi connectivity index (χ0) is 7.07. The second kappa shape index (κ2) is 1.56. The van der Waals surface area contributed by atoms with E-state index in [1.165, 1.54) is 0 Å². The van der Waals surface area contributed by atoms with Crippen molar-refractivity contribution in [2.45, 2.75) is 26.3 Å². The highest BCUT2D eigenvalue weighted by Crippen LogP contribution is 2.20. The first-order valence-electron chi connectivity index (χ1n) is 2.91. The summed E-state index contributed by atoms with van der Waals surface area (Å²) in [7, 11) is 0. The van der Waals surface area contributed by atoms with Crippen molar-refractivity contribution in [3.8, 4) is 0 Å². The first-order valence-corrected chi connectivity index (χ1v) is 2.91. The summed E-state index contributed by atoms with van der Waals surface area (Å²) in [5.41, 5.74) is 0.374. The van der Waals surface area contributed by atoms with E-state index in [1.807, 2.05) is 26.8 Å². The molecule has 1 rings (SSSR count). The van der Waals surface area contributed by atoms with Crippen LogP contribution in [0, 0.1) is 5.21 Å². The van der Waals surface area contributed by atoms with E-state index in [1.54, 1.807) is 0 Å². The number of rotatable bonds is 0. The smallest absolute Gasteiger partial charge is 0.214 e. The fraction of sp³-hybridized carbons (Fsp3) is 0.667. The maximum Gasteiger partial charge on any atom is 0.214 e. The molecule has 0 N–H and O–H groups in total. The number of hydroxylamine groups is 1. The van der Waals surface area contributed by atoms with Crippen molar-refractivity contribution in [3.05, 3.63) is 17.0 Å². The van der Waals surface area contributed by atoms with Crippen LogP contribution in [0.4, 0.5) is 0 Å². The summed E-state index contributed by atoms with van der Waals surface area (Å²) in [4.78, 5) is 0.725. The highest BCUT2D eigenvalue weighted by molar-refractivity contribution is 5.06. The van der Waals surface area contributed by atoms with Gasteiger partial charge >= 0.3 is 0 Å². The lowest BCUT2D eigenvalue weighted by molar-refractivity contribution is -0.580. The first-order chi connectivity index (χ1) is 4.02. The van der Waals surface area contributed by atoms with Gasteiger partial charge in [-0.1, -0.05) is 4.86 Å². The fourth-order valence-corrected chi connectivity index (χ4v) is 0.867. The van der Waals surface area contributed by atoms with Crippen molar-refractivity contribution < 1.29 is 4.86 Å². The summed E-state index contributed by atoms with van der Waals surface area (Å²) in [6.45, 7) is 5.49. The zero-order valence-electron chi connectivity index (χ0n) is 5.88. The van der Waals surface area contributed by atoms with Crippen LogP contribution in [0.1, 0.15) is 20.8 Å². The average Bonchev–Trinajstić information content (AvgIpc) is 1.79. The third-order valence-corrected chi connectivity index (χ3v) is 1.30. The van der Waals surface area contributed by atoms with Gasteiger partial charge in [-0.3, -0.25) is 0 Å². The van der Waals surface area contributed by atoms with Crippen LogP contribution in [0.3, 0.4) is 0 Å². The molecule has 0 radical (unpaired) electrons. The molecule has 50 valence electrons. The van der Waals surface area contributed by atoms with E-state index in [9.17, 15) is 5.21 Å². The van der Waals surface area contributed by atoms with Crippen LogP contribution in [0.15, 0.2) is 16.9 Å². The molecule has 0 aromatic rings. The molecule has 0 aliphatic carbocycles. The van der Waals surface area contributed by atoms with E-state index in [-0.39, 0.29) is 0 Å². The number of azo groups is 1. The second-order valence-corrected chi connectivity index (χ2v) is 2.81. The molecule has 0 aromatic carbocycles. The lowest BCUT2D eigenvalue weighted by Gasteiger charge is -2.10. The van der Waals surface area contributed by atoms with Gasteiger partial charge in [-0.15, -0.1) is 0 Å². The van der Waals surface area contributed by atoms with Gasteiger partial charge in [-0.2, -0.15) is 0 Å². The van der Waals surface area contributed by atoms with Gasteiger partial charge in [0.1, 0.15) is 5.70 Å². The minimum Gasteiger partial charge on any atom is -0.599 e. The van der Waals surface area contributed by atoms with Crippen LogP contribution >= 0.6 is 0 Å². The van der Waals surface area contributed by atoms with E-state index in [0.29, 0.717) is 0 Å². The minimum absolute atomic E-state index is 0.427. The molecule has 1 aliphatic heterocycles. The normalized spacial score (nSPS) is 23.4. The predicted molar refractivity (Wildman–Crippen MR) is 33.9 cm³/mol. The van der Waals surface area contributed by atoms with E-state index in [4.69, 9.17) is 0 Å². The Balaban J connectivity index is 2.96. The maximum absolute atomic E-state index is 10.8. The van der Waals surface area contributed by atoms with Gasteiger partial charge in [-0.25, -0.2) is 0 Å². The summed E-state index contributed by atoms with van der Waals surface area (Å²) >= 11 is 0. The lowest BCUT2D eigenvalue weighted by Crippen LogP contribution is -2.25. The van der Waals surface area contributed by atoms with Gasteiger partial charge in [0, 0.05) is 25.0 Å². The van der Waals surface area contributed by atoms with Crippen LogP contribution in [-0.2, 0) is 0 Å². The number of nitrogens with zero attached hydrogens (tertiary/aromatic N) is 2. The third-order valence-electron chi connectivity index (χ3n) is 1.30. The van der Waals surface area contributed by atoms with Gasteiger partial charge in [0.2, 0.25) is 5.54 Å². The van der Waals surface area contributed by atoms with E-state index < -0.39 is 5.54 Å². The average molecular weight is 126 g/mol. The molecule has 0 fully saturated rings. The number of allylic oxidation sites excluding steroid dienone is 1. The standard InChI is InChI=1S/C6H10N2O/c1-5-4-6(2,3)8(9)7-5/h4H,1-3H3. The Kier molecular flexibility index (Phi) is 1.08. The Hall–Kier alpha value is -0.860. The molecule has 0 saturated carbocycles. The molecule has 0 bridgehead atoms. The lowest BCUT2D eigenvalue weighted by atomic mass is 10.1. The van der Waals surface area contributed by atoms with Crippen LogP contribution in [0.5, 0.6) is 0 Å². The summed E-state index contributed by atoms with van der Waals surface area (Å²) in [6, 6.07) is 0. The number of hydrogen-bond donors (Lipinski definition) is 0. The molecule has 0 spiro atoms. The molecule has 1 heterocycles. The van der Waals surface area contributed by atoms with Crippen molar-refractivity contribution in [3.63, 3.8) is 0 Å². The Morgan fingerprint density at radius 1 is 1.67 bits per heavy atom. The summed E-state index contributed by atoms with van der Waals surface area (Å²) in [5, 5.41) is 14.5. The fourth-order valence-electron chi connectivity index (χ4n) is 0.867. The molecular weight excluding hydrogens is 116 g/mol. The van der Waals surface area contributed by atoms with Crippen molar-refractivity contribution in [2.75, 3.05) is 0 Å². The van der Waals surface area contributed by atoms with Crippen molar-refractivity contribution in [1.82, 2.24) is 0 Å². The van der Waals surface area contributed by atoms with E-state index in [2.05, 4.69) is 5.11 Å². The molecule has 0 atom stereocenters. The molecule has 0 unspecified atom stereocenters. The van der Waals surface area contributed by atoms with Gasteiger partial charge in [0.05, 0.1) is 0 Å². The Morgan fingerprint density at radius 2 is 2.22 bits per heavy atom. The van der Waals surface area contributed by atoms with Gasteiger partial charge < -0.3 is 5.21 Å². The zero-order valence-corrected chi connectivity index (χ0v) is 5.88. The molecule has 0 amide bonds. The maximum atomic E-state index is 10.8. The monoisotopic (exact) mass is 126 g/mol. The SMILES string of the molecule is CC1=CC(C)(C)[N+]([O-])=N1. The van der Waals surface area contributed by atoms with Crippen molar-refractivity contribution in [1.29, 1.82) is 0 Å². The van der Waals surface area contributed by atoms with Gasteiger partial charge in [-0.05, 0) is 6.92 Å². The Labute approximate surface area is 54.3 Å². The number of hydrogen-bond acceptors (Lipinski definition) is 2. The Bertz CT molecular complexity index is 191. The molecule has 3 heteroatoms. The predicted octanol–water partition coefficient (Wildman–Crippen LogP) is 1.64. The minimum atomic E-state index is -0.427. The quantitative estimate of drug-likeness (QED) is 0.359. The van der Waals surface area contributed by atoms with Crippen molar-refractivity contribution >= 4 is 0 Å². The molecule has 0 saturated heterocycles. The Morgan fingerprint density at radius 3 is 2.33 bits per heavy atom. The van der Waals surface area contributed by atoms with Crippen molar-refractivity contribution in [2.24, 2.45) is 5.11 Å². The third kappa shape index (κ3) is 0.943. The molecule has 1 aliphatic rings. The van der Waals surface area contributed by atoms with Gasteiger partial charge in [0.15, 0.2) is 0 Å². The highest BCUT2D eigenvalue weighted by atomic mass is 16.5. The van der Waals surface area contributed by atoms with Crippen LogP contribution in [0.2, 0.25) is 0 Å². The summed E-state index contributed by atoms with van der Waals surface area (Å²) in [6.07, 6.45) is 1.85. The topological polar surface area (TPSA) is 38.4 Å². The summed E-state index contributed by atoms with van der Waals surface area (Å²) < 4.78 is 0. The van der Waals surface area contributed by atoms with Crippen LogP contribution in [-0.4, -0.2) is 10.4 Å². The summed E-state index contributed by atoms with van der Waals surface area (Å²) in [5.74, 6) is 0. The molecule has 9 heavy (non-hydrogen) atoms.